The van der Waals surface area contributed by atoms with Gasteiger partial charge in [0.15, 0.2) is 5.69 Å². The van der Waals surface area contributed by atoms with Gasteiger partial charge in [0, 0.05) is 6.54 Å². The minimum absolute atomic E-state index is 0.189. The Hall–Kier alpha value is -1.82. The number of hydrogen-bond donors (Lipinski definition) is 1. The van der Waals surface area contributed by atoms with Gasteiger partial charge in [0.1, 0.15) is 6.61 Å². The molecule has 0 radical (unpaired) electrons. The summed E-state index contributed by atoms with van der Waals surface area (Å²) >= 11 is 0. The zero-order valence-corrected chi connectivity index (χ0v) is 11.7. The molecule has 0 fully saturated rings. The van der Waals surface area contributed by atoms with Gasteiger partial charge in [-0.2, -0.15) is 0 Å². The summed E-state index contributed by atoms with van der Waals surface area (Å²) < 4.78 is 10.1. The molecule has 0 aliphatic heterocycles. The highest BCUT2D eigenvalue weighted by molar-refractivity contribution is 5.87. The molecule has 0 atom stereocenters. The van der Waals surface area contributed by atoms with E-state index in [0.717, 1.165) is 19.6 Å². The molecule has 19 heavy (non-hydrogen) atoms. The third-order valence-electron chi connectivity index (χ3n) is 2.82. The van der Waals surface area contributed by atoms with Gasteiger partial charge < -0.3 is 20.1 Å². The smallest absolute Gasteiger partial charge is 0.356 e. The van der Waals surface area contributed by atoms with E-state index in [1.54, 1.807) is 6.07 Å². The summed E-state index contributed by atoms with van der Waals surface area (Å²) in [7, 11) is 1.31. The summed E-state index contributed by atoms with van der Waals surface area (Å²) in [5.41, 5.74) is 6.36. The van der Waals surface area contributed by atoms with E-state index >= 15 is 0 Å². The van der Waals surface area contributed by atoms with Crippen LogP contribution >= 0.6 is 0 Å². The van der Waals surface area contributed by atoms with Crippen molar-refractivity contribution in [3.63, 3.8) is 0 Å². The maximum Gasteiger partial charge on any atom is 0.356 e. The lowest BCUT2D eigenvalue weighted by atomic mass is 10.3. The lowest BCUT2D eigenvalue weighted by molar-refractivity contribution is 0.0592. The lowest BCUT2D eigenvalue weighted by Crippen LogP contribution is -2.28. The first kappa shape index (κ1) is 15.2. The van der Waals surface area contributed by atoms with Gasteiger partial charge in [0.05, 0.1) is 12.8 Å². The fourth-order valence-electron chi connectivity index (χ4n) is 1.60. The van der Waals surface area contributed by atoms with Crippen molar-refractivity contribution in [2.24, 2.45) is 0 Å². The Bertz CT molecular complexity index is 420. The van der Waals surface area contributed by atoms with Crippen LogP contribution in [-0.4, -0.2) is 49.2 Å². The standard InChI is InChI=1S/C13H21N3O3/c1-4-16(5-2)8-9-19-12-10(14)6-7-11(15-12)13(17)18-3/h6-7H,4-5,8-9,14H2,1-3H3. The van der Waals surface area contributed by atoms with Crippen LogP contribution in [-0.2, 0) is 4.74 Å². The Morgan fingerprint density at radius 1 is 1.37 bits per heavy atom. The van der Waals surface area contributed by atoms with E-state index in [1.807, 2.05) is 0 Å². The number of nitrogens with two attached hydrogens (primary N) is 1. The highest BCUT2D eigenvalue weighted by Gasteiger charge is 2.11. The van der Waals surface area contributed by atoms with Crippen molar-refractivity contribution < 1.29 is 14.3 Å². The van der Waals surface area contributed by atoms with Gasteiger partial charge in [-0.05, 0) is 25.2 Å². The van der Waals surface area contributed by atoms with Gasteiger partial charge in [0.2, 0.25) is 5.88 Å². The van der Waals surface area contributed by atoms with E-state index in [1.165, 1.54) is 13.2 Å². The van der Waals surface area contributed by atoms with Crippen LogP contribution in [0.4, 0.5) is 5.69 Å². The van der Waals surface area contributed by atoms with E-state index in [9.17, 15) is 4.79 Å². The molecule has 1 aromatic heterocycles. The molecule has 1 heterocycles. The molecule has 106 valence electrons. The first-order chi connectivity index (χ1) is 9.12. The van der Waals surface area contributed by atoms with E-state index in [4.69, 9.17) is 10.5 Å². The molecule has 0 amide bonds. The summed E-state index contributed by atoms with van der Waals surface area (Å²) in [6.07, 6.45) is 0. The normalized spacial score (nSPS) is 10.5. The fourth-order valence-corrected chi connectivity index (χ4v) is 1.60. The van der Waals surface area contributed by atoms with E-state index in [0.29, 0.717) is 12.3 Å². The van der Waals surface area contributed by atoms with Gasteiger partial charge >= 0.3 is 5.97 Å². The molecule has 0 unspecified atom stereocenters. The number of nitrogens with zero attached hydrogens (tertiary/aromatic N) is 2. The molecule has 2 N–H and O–H groups in total. The van der Waals surface area contributed by atoms with Crippen molar-refractivity contribution in [3.05, 3.63) is 17.8 Å². The molecule has 0 bridgehead atoms. The Morgan fingerprint density at radius 3 is 2.63 bits per heavy atom. The highest BCUT2D eigenvalue weighted by atomic mass is 16.5. The van der Waals surface area contributed by atoms with Crippen molar-refractivity contribution in [1.82, 2.24) is 9.88 Å². The summed E-state index contributed by atoms with van der Waals surface area (Å²) in [6.45, 7) is 7.37. The molecular formula is C13H21N3O3. The third kappa shape index (κ3) is 4.40. The monoisotopic (exact) mass is 267 g/mol. The zero-order valence-electron chi connectivity index (χ0n) is 11.7. The second-order valence-corrected chi connectivity index (χ2v) is 3.96. The topological polar surface area (TPSA) is 77.7 Å². The maximum atomic E-state index is 11.4. The number of carbonyl (C=O) groups is 1. The number of rotatable bonds is 7. The Labute approximate surface area is 113 Å². The SMILES string of the molecule is CCN(CC)CCOc1nc(C(=O)OC)ccc1N. The van der Waals surface area contributed by atoms with Crippen LogP contribution in [0.25, 0.3) is 0 Å². The van der Waals surface area contributed by atoms with Crippen LogP contribution < -0.4 is 10.5 Å². The highest BCUT2D eigenvalue weighted by Crippen LogP contribution is 2.18. The minimum atomic E-state index is -0.506. The zero-order chi connectivity index (χ0) is 14.3. The van der Waals surface area contributed by atoms with Crippen LogP contribution in [0, 0.1) is 0 Å². The molecule has 1 aromatic rings. The van der Waals surface area contributed by atoms with Crippen molar-refractivity contribution >= 4 is 11.7 Å². The number of likely N-dealkylation sites (N-methyl/N-ethyl adjacent to an activating group) is 1. The van der Waals surface area contributed by atoms with Crippen molar-refractivity contribution in [1.29, 1.82) is 0 Å². The quantitative estimate of drug-likeness (QED) is 0.747. The number of ether oxygens (including phenoxy) is 2. The van der Waals surface area contributed by atoms with Crippen LogP contribution in [0.5, 0.6) is 5.88 Å². The molecular weight excluding hydrogens is 246 g/mol. The third-order valence-corrected chi connectivity index (χ3v) is 2.82. The van der Waals surface area contributed by atoms with Gasteiger partial charge in [-0.25, -0.2) is 9.78 Å². The Morgan fingerprint density at radius 2 is 2.05 bits per heavy atom. The van der Waals surface area contributed by atoms with Gasteiger partial charge in [-0.1, -0.05) is 13.8 Å². The number of carbonyl (C=O) groups excluding carboxylic acids is 1. The number of hydrogen-bond acceptors (Lipinski definition) is 6. The molecule has 0 aliphatic carbocycles. The molecule has 0 saturated carbocycles. The van der Waals surface area contributed by atoms with E-state index in [2.05, 4.69) is 28.5 Å². The number of aromatic nitrogens is 1. The number of nitrogen functional groups attached to an aromatic ring is 1. The summed E-state index contributed by atoms with van der Waals surface area (Å²) in [6, 6.07) is 3.10. The van der Waals surface area contributed by atoms with Crippen LogP contribution in [0.2, 0.25) is 0 Å². The predicted octanol–water partition coefficient (Wildman–Crippen LogP) is 1.17. The largest absolute Gasteiger partial charge is 0.475 e. The second kappa shape index (κ2) is 7.58. The van der Waals surface area contributed by atoms with Gasteiger partial charge in [-0.15, -0.1) is 0 Å². The number of esters is 1. The van der Waals surface area contributed by atoms with Crippen LogP contribution in [0.3, 0.4) is 0 Å². The van der Waals surface area contributed by atoms with Crippen molar-refractivity contribution in [2.45, 2.75) is 13.8 Å². The molecule has 6 heteroatoms. The average Bonchev–Trinajstić information content (AvgIpc) is 2.44. The molecule has 0 aliphatic rings. The van der Waals surface area contributed by atoms with Crippen LogP contribution in [0.15, 0.2) is 12.1 Å². The summed E-state index contributed by atoms with van der Waals surface area (Å²) in [5, 5.41) is 0. The van der Waals surface area contributed by atoms with E-state index < -0.39 is 5.97 Å². The second-order valence-electron chi connectivity index (χ2n) is 3.96. The number of anilines is 1. The molecule has 0 saturated heterocycles. The van der Waals surface area contributed by atoms with Crippen molar-refractivity contribution in [2.75, 3.05) is 39.1 Å². The Balaban J connectivity index is 2.64. The predicted molar refractivity (Wildman–Crippen MR) is 73.3 cm³/mol. The first-order valence-corrected chi connectivity index (χ1v) is 6.32. The number of pyridine rings is 1. The average molecular weight is 267 g/mol. The summed E-state index contributed by atoms with van der Waals surface area (Å²) in [4.78, 5) is 17.6. The fraction of sp³-hybridized carbons (Fsp3) is 0.538. The molecule has 6 nitrogen and oxygen atoms in total. The van der Waals surface area contributed by atoms with Gasteiger partial charge in [0.25, 0.3) is 0 Å². The minimum Gasteiger partial charge on any atom is -0.475 e. The molecule has 1 rings (SSSR count). The first-order valence-electron chi connectivity index (χ1n) is 6.32. The lowest BCUT2D eigenvalue weighted by Gasteiger charge is -2.18. The van der Waals surface area contributed by atoms with Crippen LogP contribution in [0.1, 0.15) is 24.3 Å². The van der Waals surface area contributed by atoms with Crippen molar-refractivity contribution in [3.8, 4) is 5.88 Å². The van der Waals surface area contributed by atoms with Gasteiger partial charge in [-0.3, -0.25) is 0 Å². The molecule has 0 aromatic carbocycles. The number of methoxy groups -OCH3 is 1. The van der Waals surface area contributed by atoms with E-state index in [-0.39, 0.29) is 11.6 Å². The summed E-state index contributed by atoms with van der Waals surface area (Å²) in [5.74, 6) is -0.233. The Kier molecular flexibility index (Phi) is 6.08. The maximum absolute atomic E-state index is 11.4. The molecule has 0 spiro atoms.